The highest BCUT2D eigenvalue weighted by Crippen LogP contribution is 2.28. The maximum absolute atomic E-state index is 13.2. The third-order valence-electron chi connectivity index (χ3n) is 6.09. The summed E-state index contributed by atoms with van der Waals surface area (Å²) in [4.78, 5) is 4.33. The molecule has 0 amide bonds. The van der Waals surface area contributed by atoms with E-state index in [0.29, 0.717) is 50.1 Å². The molecule has 0 saturated carbocycles. The lowest BCUT2D eigenvalue weighted by atomic mass is 10.1. The predicted octanol–water partition coefficient (Wildman–Crippen LogP) is 0.583. The van der Waals surface area contributed by atoms with Gasteiger partial charge >= 0.3 is 0 Å². The number of sulfonamides is 2. The number of ether oxygens (including phenoxy) is 1. The van der Waals surface area contributed by atoms with Crippen molar-refractivity contribution in [1.29, 1.82) is 0 Å². The molecule has 188 valence electrons. The first-order valence-electron chi connectivity index (χ1n) is 11.0. The summed E-state index contributed by atoms with van der Waals surface area (Å²) < 4.78 is 59.7. The standard InChI is InChI=1S/C21H30N4O6S3/c1-33(27,28)22-13-18-16-31-11-10-23(18)14-19-15-24(34(29,30)21-3-2-12-32-21)8-9-25(19)17-4-6-20(26)7-5-17/h2-7,12,18-19,22,26H,8-11,13-16H2,1H3/t18-,19-/m0/s1. The van der Waals surface area contributed by atoms with E-state index < -0.39 is 20.0 Å². The van der Waals surface area contributed by atoms with E-state index in [4.69, 9.17) is 4.74 Å². The number of thiophene rings is 1. The second-order valence-electron chi connectivity index (χ2n) is 8.50. The molecule has 2 saturated heterocycles. The zero-order valence-corrected chi connectivity index (χ0v) is 21.4. The lowest BCUT2D eigenvalue weighted by molar-refractivity contribution is -0.00912. The van der Waals surface area contributed by atoms with Crippen molar-refractivity contribution >= 4 is 37.1 Å². The Kier molecular flexibility index (Phi) is 7.82. The first-order chi connectivity index (χ1) is 16.1. The summed E-state index contributed by atoms with van der Waals surface area (Å²) >= 11 is 1.21. The van der Waals surface area contributed by atoms with E-state index in [1.165, 1.54) is 15.6 Å². The van der Waals surface area contributed by atoms with Crippen molar-refractivity contribution in [3.8, 4) is 5.75 Å². The van der Waals surface area contributed by atoms with Crippen LogP contribution in [-0.2, 0) is 24.8 Å². The summed E-state index contributed by atoms with van der Waals surface area (Å²) in [6.45, 7) is 3.44. The van der Waals surface area contributed by atoms with E-state index in [1.54, 1.807) is 29.6 Å². The van der Waals surface area contributed by atoms with Crippen LogP contribution < -0.4 is 9.62 Å². The number of benzene rings is 1. The minimum absolute atomic E-state index is 0.158. The summed E-state index contributed by atoms with van der Waals surface area (Å²) in [6.07, 6.45) is 1.13. The minimum Gasteiger partial charge on any atom is -0.508 e. The van der Waals surface area contributed by atoms with Gasteiger partial charge in [-0.05, 0) is 35.7 Å². The van der Waals surface area contributed by atoms with Gasteiger partial charge in [-0.3, -0.25) is 4.90 Å². The Morgan fingerprint density at radius 1 is 1.09 bits per heavy atom. The largest absolute Gasteiger partial charge is 0.508 e. The maximum atomic E-state index is 13.2. The monoisotopic (exact) mass is 530 g/mol. The Morgan fingerprint density at radius 2 is 1.85 bits per heavy atom. The van der Waals surface area contributed by atoms with Crippen LogP contribution in [0.4, 0.5) is 5.69 Å². The van der Waals surface area contributed by atoms with Crippen molar-refractivity contribution in [3.05, 3.63) is 41.8 Å². The molecule has 0 spiro atoms. The zero-order chi connectivity index (χ0) is 24.3. The summed E-state index contributed by atoms with van der Waals surface area (Å²) in [6, 6.07) is 9.91. The Hall–Kier alpha value is -1.74. The molecule has 1 aromatic heterocycles. The normalized spacial score (nSPS) is 23.3. The maximum Gasteiger partial charge on any atom is 0.252 e. The minimum atomic E-state index is -3.60. The average molecular weight is 531 g/mol. The first kappa shape index (κ1) is 25.4. The van der Waals surface area contributed by atoms with Crippen LogP contribution in [0.3, 0.4) is 0 Å². The second-order valence-corrected chi connectivity index (χ2v) is 13.4. The van der Waals surface area contributed by atoms with Gasteiger partial charge in [-0.25, -0.2) is 21.6 Å². The number of hydrogen-bond donors (Lipinski definition) is 2. The highest BCUT2D eigenvalue weighted by molar-refractivity contribution is 7.91. The topological polar surface area (TPSA) is 119 Å². The van der Waals surface area contributed by atoms with Gasteiger partial charge in [0.05, 0.1) is 25.5 Å². The number of nitrogens with one attached hydrogen (secondary N) is 1. The number of hydrogen-bond acceptors (Lipinski definition) is 9. The Bertz CT molecular complexity index is 1160. The molecular weight excluding hydrogens is 500 g/mol. The van der Waals surface area contributed by atoms with Gasteiger partial charge < -0.3 is 14.7 Å². The molecule has 2 aliphatic rings. The Labute approximate surface area is 204 Å². The Balaban J connectivity index is 1.57. The van der Waals surface area contributed by atoms with Crippen LogP contribution in [0.25, 0.3) is 0 Å². The van der Waals surface area contributed by atoms with Crippen molar-refractivity contribution in [2.24, 2.45) is 0 Å². The van der Waals surface area contributed by atoms with Crippen LogP contribution in [0.15, 0.2) is 46.0 Å². The van der Waals surface area contributed by atoms with Crippen molar-refractivity contribution in [1.82, 2.24) is 13.9 Å². The summed E-state index contributed by atoms with van der Waals surface area (Å²) in [5, 5.41) is 11.5. The molecule has 34 heavy (non-hydrogen) atoms. The fraction of sp³-hybridized carbons (Fsp3) is 0.524. The van der Waals surface area contributed by atoms with Gasteiger partial charge in [0.25, 0.3) is 10.0 Å². The van der Waals surface area contributed by atoms with Crippen molar-refractivity contribution in [2.45, 2.75) is 16.3 Å². The molecule has 0 radical (unpaired) electrons. The summed E-state index contributed by atoms with van der Waals surface area (Å²) in [5.41, 5.74) is 0.898. The summed E-state index contributed by atoms with van der Waals surface area (Å²) in [5.74, 6) is 0.166. The van der Waals surface area contributed by atoms with Crippen LogP contribution in [0, 0.1) is 0 Å². The predicted molar refractivity (Wildman–Crippen MR) is 131 cm³/mol. The number of aromatic hydroxyl groups is 1. The van der Waals surface area contributed by atoms with Gasteiger partial charge in [-0.15, -0.1) is 11.3 Å². The van der Waals surface area contributed by atoms with Gasteiger partial charge in [0.1, 0.15) is 9.96 Å². The number of phenolic OH excluding ortho intramolecular Hbond substituents is 1. The summed E-state index contributed by atoms with van der Waals surface area (Å²) in [7, 11) is -6.94. The molecule has 0 bridgehead atoms. The lowest BCUT2D eigenvalue weighted by Crippen LogP contribution is -2.61. The molecule has 4 rings (SSSR count). The molecule has 3 heterocycles. The molecule has 1 aromatic carbocycles. The molecule has 2 aliphatic heterocycles. The van der Waals surface area contributed by atoms with E-state index in [1.807, 2.05) is 12.1 Å². The van der Waals surface area contributed by atoms with E-state index >= 15 is 0 Å². The number of phenols is 1. The number of nitrogens with zero attached hydrogens (tertiary/aromatic N) is 3. The fourth-order valence-corrected chi connectivity index (χ4v) is 7.47. The molecular formula is C21H30N4O6S3. The van der Waals surface area contributed by atoms with Crippen molar-refractivity contribution < 1.29 is 26.7 Å². The fourth-order valence-electron chi connectivity index (χ4n) is 4.36. The van der Waals surface area contributed by atoms with E-state index in [9.17, 15) is 21.9 Å². The number of anilines is 1. The van der Waals surface area contributed by atoms with Crippen molar-refractivity contribution in [3.63, 3.8) is 0 Å². The smallest absolute Gasteiger partial charge is 0.252 e. The average Bonchev–Trinajstić information content (AvgIpc) is 3.35. The van der Waals surface area contributed by atoms with Gasteiger partial charge in [0.2, 0.25) is 10.0 Å². The Morgan fingerprint density at radius 3 is 2.53 bits per heavy atom. The van der Waals surface area contributed by atoms with Crippen molar-refractivity contribution in [2.75, 3.05) is 63.6 Å². The van der Waals surface area contributed by atoms with Gasteiger partial charge in [-0.2, -0.15) is 4.31 Å². The molecule has 2 N–H and O–H groups in total. The first-order valence-corrected chi connectivity index (χ1v) is 15.2. The van der Waals surface area contributed by atoms with E-state index in [0.717, 1.165) is 11.9 Å². The molecule has 2 fully saturated rings. The molecule has 2 atom stereocenters. The van der Waals surface area contributed by atoms with Crippen LogP contribution in [0.1, 0.15) is 0 Å². The second kappa shape index (κ2) is 10.5. The highest BCUT2D eigenvalue weighted by atomic mass is 32.2. The van der Waals surface area contributed by atoms with Crippen LogP contribution in [-0.4, -0.2) is 102 Å². The zero-order valence-electron chi connectivity index (χ0n) is 18.9. The number of rotatable bonds is 8. The third kappa shape index (κ3) is 6.08. The van der Waals surface area contributed by atoms with Crippen LogP contribution >= 0.6 is 11.3 Å². The highest BCUT2D eigenvalue weighted by Gasteiger charge is 2.37. The van der Waals surface area contributed by atoms with Crippen LogP contribution in [0.5, 0.6) is 5.75 Å². The van der Waals surface area contributed by atoms with E-state index in [2.05, 4.69) is 14.5 Å². The van der Waals surface area contributed by atoms with Crippen LogP contribution in [0.2, 0.25) is 0 Å². The van der Waals surface area contributed by atoms with Gasteiger partial charge in [0.15, 0.2) is 0 Å². The lowest BCUT2D eigenvalue weighted by Gasteiger charge is -2.46. The molecule has 0 unspecified atom stereocenters. The molecule has 13 heteroatoms. The third-order valence-corrected chi connectivity index (χ3v) is 10.0. The van der Waals surface area contributed by atoms with Gasteiger partial charge in [0, 0.05) is 51.0 Å². The van der Waals surface area contributed by atoms with Gasteiger partial charge in [-0.1, -0.05) is 6.07 Å². The molecule has 2 aromatic rings. The number of morpholine rings is 1. The number of piperazine rings is 1. The molecule has 0 aliphatic carbocycles. The molecule has 10 nitrogen and oxygen atoms in total. The quantitative estimate of drug-likeness (QED) is 0.509. The van der Waals surface area contributed by atoms with E-state index in [-0.39, 0.29) is 24.4 Å². The SMILES string of the molecule is CS(=O)(=O)NC[C@H]1COCCN1C[C@H]1CN(S(=O)(=O)c2cccs2)CCN1c1ccc(O)cc1.